The number of nitrogens with zero attached hydrogens (tertiary/aromatic N) is 3. The molecular weight excluding hydrogens is 332 g/mol. The van der Waals surface area contributed by atoms with Gasteiger partial charge in [-0.3, -0.25) is 4.79 Å². The minimum absolute atomic E-state index is 0.0781. The molecule has 1 saturated heterocycles. The van der Waals surface area contributed by atoms with Crippen LogP contribution in [0.1, 0.15) is 24.0 Å². The van der Waals surface area contributed by atoms with Crippen LogP contribution in [0.2, 0.25) is 0 Å². The monoisotopic (exact) mass is 358 g/mol. The standard InChI is InChI=1S/C19H26N4O3/c1-22(2)13-15-12-20-19(21-15)17-14-23(9-11-26-17)18(24)8-10-25-16-6-4-3-5-7-16/h3-7,12,17H,8-11,13-14H2,1-2H3,(H,20,21). The van der Waals surface area contributed by atoms with Crippen molar-refractivity contribution in [1.82, 2.24) is 19.8 Å². The van der Waals surface area contributed by atoms with Gasteiger partial charge in [-0.2, -0.15) is 0 Å². The summed E-state index contributed by atoms with van der Waals surface area (Å²) in [5.74, 6) is 1.64. The Kier molecular flexibility index (Phi) is 6.25. The molecule has 2 heterocycles. The van der Waals surface area contributed by atoms with Crippen molar-refractivity contribution >= 4 is 5.91 Å². The Hall–Kier alpha value is -2.38. The molecule has 3 rings (SSSR count). The smallest absolute Gasteiger partial charge is 0.226 e. The molecule has 1 atom stereocenters. The van der Waals surface area contributed by atoms with Crippen LogP contribution in [-0.4, -0.2) is 66.1 Å². The highest BCUT2D eigenvalue weighted by molar-refractivity contribution is 5.76. The summed E-state index contributed by atoms with van der Waals surface area (Å²) in [6, 6.07) is 9.54. The Morgan fingerprint density at radius 2 is 2.19 bits per heavy atom. The van der Waals surface area contributed by atoms with E-state index in [1.54, 1.807) is 0 Å². The predicted molar refractivity (Wildman–Crippen MR) is 97.8 cm³/mol. The molecule has 7 heteroatoms. The SMILES string of the molecule is CN(C)Cc1cnc(C2CN(C(=O)CCOc3ccccc3)CCO2)[nH]1. The van der Waals surface area contributed by atoms with Crippen LogP contribution in [0.15, 0.2) is 36.5 Å². The molecule has 1 fully saturated rings. The number of H-pyrrole nitrogens is 1. The Bertz CT molecular complexity index is 702. The van der Waals surface area contributed by atoms with Gasteiger partial charge in [0, 0.05) is 25.0 Å². The van der Waals surface area contributed by atoms with Crippen molar-refractivity contribution in [3.8, 4) is 5.75 Å². The Labute approximate surface area is 153 Å². The maximum atomic E-state index is 12.5. The van der Waals surface area contributed by atoms with Crippen LogP contribution in [0.5, 0.6) is 5.75 Å². The number of carbonyl (C=O) groups is 1. The van der Waals surface area contributed by atoms with E-state index in [0.717, 1.165) is 23.8 Å². The first kappa shape index (κ1) is 18.4. The van der Waals surface area contributed by atoms with Gasteiger partial charge in [0.15, 0.2) is 0 Å². The number of para-hydroxylation sites is 1. The summed E-state index contributed by atoms with van der Waals surface area (Å²) in [6.45, 7) is 2.79. The average Bonchev–Trinajstić information content (AvgIpc) is 3.10. The average molecular weight is 358 g/mol. The van der Waals surface area contributed by atoms with Gasteiger partial charge in [-0.1, -0.05) is 18.2 Å². The van der Waals surface area contributed by atoms with E-state index in [2.05, 4.69) is 14.9 Å². The molecule has 1 aromatic carbocycles. The number of amides is 1. The lowest BCUT2D eigenvalue weighted by Gasteiger charge is -2.32. The Balaban J connectivity index is 1.49. The number of benzene rings is 1. The van der Waals surface area contributed by atoms with Crippen LogP contribution in [0.25, 0.3) is 0 Å². The van der Waals surface area contributed by atoms with Crippen LogP contribution in [-0.2, 0) is 16.1 Å². The predicted octanol–water partition coefficient (Wildman–Crippen LogP) is 1.84. The molecule has 7 nitrogen and oxygen atoms in total. The van der Waals surface area contributed by atoms with Crippen molar-refractivity contribution in [1.29, 1.82) is 0 Å². The third-order valence-corrected chi connectivity index (χ3v) is 4.19. The zero-order valence-corrected chi connectivity index (χ0v) is 15.4. The number of nitrogens with one attached hydrogen (secondary N) is 1. The van der Waals surface area contributed by atoms with E-state index >= 15 is 0 Å². The van der Waals surface area contributed by atoms with Crippen molar-refractivity contribution in [2.45, 2.75) is 19.1 Å². The minimum Gasteiger partial charge on any atom is -0.493 e. The van der Waals surface area contributed by atoms with Crippen molar-refractivity contribution in [2.24, 2.45) is 0 Å². The van der Waals surface area contributed by atoms with Gasteiger partial charge in [0.2, 0.25) is 5.91 Å². The summed E-state index contributed by atoms with van der Waals surface area (Å²) in [5, 5.41) is 0. The Morgan fingerprint density at radius 1 is 1.38 bits per heavy atom. The molecule has 1 N–H and O–H groups in total. The fourth-order valence-electron chi connectivity index (χ4n) is 2.93. The summed E-state index contributed by atoms with van der Waals surface area (Å²) in [4.78, 5) is 24.1. The van der Waals surface area contributed by atoms with Crippen LogP contribution in [0, 0.1) is 0 Å². The highest BCUT2D eigenvalue weighted by Gasteiger charge is 2.27. The summed E-state index contributed by atoms with van der Waals surface area (Å²) >= 11 is 0. The van der Waals surface area contributed by atoms with Gasteiger partial charge >= 0.3 is 0 Å². The summed E-state index contributed by atoms with van der Waals surface area (Å²) in [7, 11) is 4.02. The zero-order valence-electron chi connectivity index (χ0n) is 15.4. The molecule has 1 amide bonds. The largest absolute Gasteiger partial charge is 0.493 e. The van der Waals surface area contributed by atoms with Crippen molar-refractivity contribution in [3.05, 3.63) is 48.0 Å². The second-order valence-electron chi connectivity index (χ2n) is 6.64. The molecular formula is C19H26N4O3. The number of carbonyl (C=O) groups excluding carboxylic acids is 1. The van der Waals surface area contributed by atoms with Gasteiger partial charge in [0.05, 0.1) is 26.2 Å². The quantitative estimate of drug-likeness (QED) is 0.818. The van der Waals surface area contributed by atoms with E-state index in [-0.39, 0.29) is 12.0 Å². The number of aromatic amines is 1. The molecule has 26 heavy (non-hydrogen) atoms. The zero-order chi connectivity index (χ0) is 18.4. The number of hydrogen-bond donors (Lipinski definition) is 1. The third kappa shape index (κ3) is 5.06. The topological polar surface area (TPSA) is 70.7 Å². The molecule has 2 aromatic rings. The van der Waals surface area contributed by atoms with E-state index < -0.39 is 0 Å². The van der Waals surface area contributed by atoms with E-state index in [4.69, 9.17) is 9.47 Å². The first-order valence-corrected chi connectivity index (χ1v) is 8.87. The normalized spacial score (nSPS) is 17.5. The van der Waals surface area contributed by atoms with Gasteiger partial charge in [0.1, 0.15) is 17.7 Å². The van der Waals surface area contributed by atoms with Gasteiger partial charge in [0.25, 0.3) is 0 Å². The van der Waals surface area contributed by atoms with Crippen molar-refractivity contribution in [2.75, 3.05) is 40.4 Å². The van der Waals surface area contributed by atoms with E-state index in [0.29, 0.717) is 32.7 Å². The minimum atomic E-state index is -0.210. The lowest BCUT2D eigenvalue weighted by Crippen LogP contribution is -2.43. The van der Waals surface area contributed by atoms with Crippen molar-refractivity contribution < 1.29 is 14.3 Å². The van der Waals surface area contributed by atoms with Gasteiger partial charge in [-0.05, 0) is 26.2 Å². The van der Waals surface area contributed by atoms with Gasteiger partial charge in [-0.15, -0.1) is 0 Å². The fraction of sp³-hybridized carbons (Fsp3) is 0.474. The lowest BCUT2D eigenvalue weighted by molar-refractivity contribution is -0.139. The van der Waals surface area contributed by atoms with Crippen LogP contribution in [0.4, 0.5) is 0 Å². The lowest BCUT2D eigenvalue weighted by atomic mass is 10.2. The maximum absolute atomic E-state index is 12.5. The number of morpholine rings is 1. The van der Waals surface area contributed by atoms with Gasteiger partial charge < -0.3 is 24.3 Å². The Morgan fingerprint density at radius 3 is 2.96 bits per heavy atom. The second-order valence-corrected chi connectivity index (χ2v) is 6.64. The number of hydrogen-bond acceptors (Lipinski definition) is 5. The van der Waals surface area contributed by atoms with Crippen LogP contribution < -0.4 is 4.74 Å². The molecule has 0 saturated carbocycles. The van der Waals surface area contributed by atoms with Crippen LogP contribution >= 0.6 is 0 Å². The molecule has 0 bridgehead atoms. The molecule has 0 spiro atoms. The number of aromatic nitrogens is 2. The summed E-state index contributed by atoms with van der Waals surface area (Å²) in [6.07, 6.45) is 1.97. The van der Waals surface area contributed by atoms with E-state index in [9.17, 15) is 4.79 Å². The fourth-order valence-corrected chi connectivity index (χ4v) is 2.93. The number of imidazole rings is 1. The molecule has 0 radical (unpaired) electrons. The molecule has 1 aromatic heterocycles. The number of rotatable bonds is 7. The first-order chi connectivity index (χ1) is 12.6. The first-order valence-electron chi connectivity index (χ1n) is 8.87. The highest BCUT2D eigenvalue weighted by Crippen LogP contribution is 2.20. The third-order valence-electron chi connectivity index (χ3n) is 4.19. The molecule has 1 unspecified atom stereocenters. The van der Waals surface area contributed by atoms with E-state index in [1.165, 1.54) is 0 Å². The maximum Gasteiger partial charge on any atom is 0.226 e. The molecule has 1 aliphatic rings. The van der Waals surface area contributed by atoms with E-state index in [1.807, 2.05) is 55.5 Å². The second kappa shape index (κ2) is 8.82. The summed E-state index contributed by atoms with van der Waals surface area (Å²) in [5.41, 5.74) is 1.04. The molecule has 1 aliphatic heterocycles. The van der Waals surface area contributed by atoms with Crippen LogP contribution in [0.3, 0.4) is 0 Å². The molecule has 140 valence electrons. The highest BCUT2D eigenvalue weighted by atomic mass is 16.5. The summed E-state index contributed by atoms with van der Waals surface area (Å²) < 4.78 is 11.4. The van der Waals surface area contributed by atoms with Gasteiger partial charge in [-0.25, -0.2) is 4.98 Å². The molecule has 0 aliphatic carbocycles. The number of ether oxygens (including phenoxy) is 2. The van der Waals surface area contributed by atoms with Crippen molar-refractivity contribution in [3.63, 3.8) is 0 Å².